The summed E-state index contributed by atoms with van der Waals surface area (Å²) in [6.45, 7) is 1.72. The molecule has 2 atom stereocenters. The number of fused-ring (bicyclic) bond motifs is 1. The van der Waals surface area contributed by atoms with Crippen LogP contribution >= 0.6 is 0 Å². The van der Waals surface area contributed by atoms with E-state index in [1.54, 1.807) is 12.4 Å². The second-order valence-electron chi connectivity index (χ2n) is 8.02. The number of para-hydroxylation sites is 1. The Morgan fingerprint density at radius 2 is 2.07 bits per heavy atom. The summed E-state index contributed by atoms with van der Waals surface area (Å²) in [4.78, 5) is 38.9. The van der Waals surface area contributed by atoms with Crippen LogP contribution in [0.15, 0.2) is 54.9 Å². The SMILES string of the molecule is O=C(c1cc(-c2cccnc2)nc2ccccc12)N1CC[C@@]23OCCN2C(=O)C[C@@H]13. The molecule has 2 amide bonds. The highest BCUT2D eigenvalue weighted by molar-refractivity contribution is 6.07. The number of ether oxygens (including phenoxy) is 1. The zero-order chi connectivity index (χ0) is 20.3. The lowest BCUT2D eigenvalue weighted by Crippen LogP contribution is -2.48. The smallest absolute Gasteiger partial charge is 0.255 e. The summed E-state index contributed by atoms with van der Waals surface area (Å²) in [6, 6.07) is 13.1. The third-order valence-electron chi connectivity index (χ3n) is 6.57. The largest absolute Gasteiger partial charge is 0.351 e. The van der Waals surface area contributed by atoms with E-state index in [2.05, 4.69) is 4.98 Å². The van der Waals surface area contributed by atoms with Gasteiger partial charge in [-0.25, -0.2) is 4.98 Å². The highest BCUT2D eigenvalue weighted by atomic mass is 16.5. The van der Waals surface area contributed by atoms with Crippen molar-refractivity contribution in [3.63, 3.8) is 0 Å². The Balaban J connectivity index is 1.45. The van der Waals surface area contributed by atoms with Crippen LogP contribution in [-0.2, 0) is 9.53 Å². The number of amides is 2. The molecule has 0 unspecified atom stereocenters. The molecule has 0 radical (unpaired) electrons. The van der Waals surface area contributed by atoms with Crippen molar-refractivity contribution in [2.45, 2.75) is 24.6 Å². The van der Waals surface area contributed by atoms with Crippen molar-refractivity contribution in [2.24, 2.45) is 0 Å². The Labute approximate surface area is 173 Å². The van der Waals surface area contributed by atoms with Gasteiger partial charge in [-0.05, 0) is 24.3 Å². The molecule has 5 heterocycles. The average molecular weight is 400 g/mol. The standard InChI is InChI=1S/C23H20N4O3/c28-21-13-20-23(27(21)10-11-30-23)7-9-26(20)22(29)17-12-19(15-4-3-8-24-14-15)25-18-6-2-1-5-16(17)18/h1-6,8,12,14,20H,7,9-11,13H2/t20-,23+/m1/s1. The summed E-state index contributed by atoms with van der Waals surface area (Å²) in [5.74, 6) is -0.00333. The summed E-state index contributed by atoms with van der Waals surface area (Å²) >= 11 is 0. The first-order valence-electron chi connectivity index (χ1n) is 10.2. The summed E-state index contributed by atoms with van der Waals surface area (Å²) in [6.07, 6.45) is 4.44. The van der Waals surface area contributed by atoms with Gasteiger partial charge in [0.1, 0.15) is 0 Å². The molecule has 2 aromatic heterocycles. The van der Waals surface area contributed by atoms with Gasteiger partial charge in [0, 0.05) is 42.9 Å². The molecule has 7 nitrogen and oxygen atoms in total. The lowest BCUT2D eigenvalue weighted by Gasteiger charge is -2.31. The minimum Gasteiger partial charge on any atom is -0.351 e. The van der Waals surface area contributed by atoms with E-state index in [4.69, 9.17) is 9.72 Å². The number of likely N-dealkylation sites (tertiary alicyclic amines) is 1. The lowest BCUT2D eigenvalue weighted by atomic mass is 10.0. The van der Waals surface area contributed by atoms with Crippen molar-refractivity contribution in [3.05, 3.63) is 60.4 Å². The van der Waals surface area contributed by atoms with Gasteiger partial charge < -0.3 is 14.5 Å². The Bertz CT molecular complexity index is 1180. The lowest BCUT2D eigenvalue weighted by molar-refractivity contribution is -0.136. The first-order valence-corrected chi connectivity index (χ1v) is 10.2. The van der Waals surface area contributed by atoms with Gasteiger partial charge in [-0.2, -0.15) is 0 Å². The molecule has 0 bridgehead atoms. The third-order valence-corrected chi connectivity index (χ3v) is 6.57. The molecule has 0 N–H and O–H groups in total. The average Bonchev–Trinajstić information content (AvgIpc) is 3.44. The molecule has 1 aromatic carbocycles. The van der Waals surface area contributed by atoms with Crippen LogP contribution in [0.2, 0.25) is 0 Å². The van der Waals surface area contributed by atoms with Gasteiger partial charge in [-0.1, -0.05) is 18.2 Å². The van der Waals surface area contributed by atoms with Crippen LogP contribution in [0.25, 0.3) is 22.2 Å². The van der Waals surface area contributed by atoms with Gasteiger partial charge in [-0.15, -0.1) is 0 Å². The third kappa shape index (κ3) is 2.35. The number of hydrogen-bond acceptors (Lipinski definition) is 5. The van der Waals surface area contributed by atoms with E-state index >= 15 is 0 Å². The van der Waals surface area contributed by atoms with Gasteiger partial charge in [0.2, 0.25) is 5.91 Å². The molecule has 0 aliphatic carbocycles. The maximum Gasteiger partial charge on any atom is 0.255 e. The fourth-order valence-corrected chi connectivity index (χ4v) is 5.20. The Hall–Kier alpha value is -3.32. The van der Waals surface area contributed by atoms with Crippen LogP contribution in [0, 0.1) is 0 Å². The highest BCUT2D eigenvalue weighted by Crippen LogP contribution is 2.46. The van der Waals surface area contributed by atoms with E-state index < -0.39 is 5.72 Å². The van der Waals surface area contributed by atoms with Crippen molar-refractivity contribution in [3.8, 4) is 11.3 Å². The Kier molecular flexibility index (Phi) is 3.70. The molecular weight excluding hydrogens is 380 g/mol. The number of hydrogen-bond donors (Lipinski definition) is 0. The van der Waals surface area contributed by atoms with E-state index in [0.29, 0.717) is 43.8 Å². The van der Waals surface area contributed by atoms with Crippen molar-refractivity contribution in [1.82, 2.24) is 19.8 Å². The minimum atomic E-state index is -0.637. The summed E-state index contributed by atoms with van der Waals surface area (Å²) in [7, 11) is 0. The maximum atomic E-state index is 13.8. The normalized spacial score (nSPS) is 25.1. The molecule has 150 valence electrons. The van der Waals surface area contributed by atoms with E-state index in [-0.39, 0.29) is 17.9 Å². The first-order chi connectivity index (χ1) is 14.7. The van der Waals surface area contributed by atoms with Crippen molar-refractivity contribution in [2.75, 3.05) is 19.7 Å². The number of carbonyl (C=O) groups is 2. The predicted octanol–water partition coefficient (Wildman–Crippen LogP) is 2.47. The monoisotopic (exact) mass is 400 g/mol. The van der Waals surface area contributed by atoms with Crippen LogP contribution in [0.5, 0.6) is 0 Å². The fourth-order valence-electron chi connectivity index (χ4n) is 5.20. The zero-order valence-electron chi connectivity index (χ0n) is 16.3. The van der Waals surface area contributed by atoms with Crippen molar-refractivity contribution < 1.29 is 14.3 Å². The Morgan fingerprint density at radius 1 is 1.17 bits per heavy atom. The first kappa shape index (κ1) is 17.5. The van der Waals surface area contributed by atoms with Gasteiger partial charge in [0.15, 0.2) is 5.72 Å². The van der Waals surface area contributed by atoms with E-state index in [1.165, 1.54) is 0 Å². The molecule has 6 rings (SSSR count). The van der Waals surface area contributed by atoms with Gasteiger partial charge in [-0.3, -0.25) is 14.6 Å². The quantitative estimate of drug-likeness (QED) is 0.661. The number of benzene rings is 1. The number of carbonyl (C=O) groups excluding carboxylic acids is 2. The minimum absolute atomic E-state index is 0.0747. The molecule has 3 saturated heterocycles. The van der Waals surface area contributed by atoms with E-state index in [0.717, 1.165) is 16.5 Å². The van der Waals surface area contributed by atoms with Crippen molar-refractivity contribution in [1.29, 1.82) is 0 Å². The number of aromatic nitrogens is 2. The molecule has 0 saturated carbocycles. The van der Waals surface area contributed by atoms with Gasteiger partial charge in [0.25, 0.3) is 5.91 Å². The maximum absolute atomic E-state index is 13.8. The number of nitrogens with zero attached hydrogens (tertiary/aromatic N) is 4. The summed E-state index contributed by atoms with van der Waals surface area (Å²) in [5.41, 5.74) is 2.29. The number of pyridine rings is 2. The molecule has 7 heteroatoms. The van der Waals surface area contributed by atoms with Crippen LogP contribution in [-0.4, -0.2) is 63.0 Å². The molecule has 30 heavy (non-hydrogen) atoms. The molecule has 1 spiro atoms. The van der Waals surface area contributed by atoms with Crippen LogP contribution < -0.4 is 0 Å². The molecular formula is C23H20N4O3. The number of rotatable bonds is 2. The van der Waals surface area contributed by atoms with E-state index in [1.807, 2.05) is 52.3 Å². The summed E-state index contributed by atoms with van der Waals surface area (Å²) in [5, 5.41) is 0.810. The highest BCUT2D eigenvalue weighted by Gasteiger charge is 2.62. The van der Waals surface area contributed by atoms with E-state index in [9.17, 15) is 9.59 Å². The molecule has 3 aliphatic rings. The van der Waals surface area contributed by atoms with Crippen LogP contribution in [0.4, 0.5) is 0 Å². The second-order valence-corrected chi connectivity index (χ2v) is 8.02. The topological polar surface area (TPSA) is 75.6 Å². The molecule has 3 fully saturated rings. The summed E-state index contributed by atoms with van der Waals surface area (Å²) < 4.78 is 6.05. The van der Waals surface area contributed by atoms with Crippen LogP contribution in [0.1, 0.15) is 23.2 Å². The predicted molar refractivity (Wildman–Crippen MR) is 109 cm³/mol. The molecule has 3 aliphatic heterocycles. The second kappa shape index (κ2) is 6.34. The van der Waals surface area contributed by atoms with Gasteiger partial charge >= 0.3 is 0 Å². The molecule has 3 aromatic rings. The van der Waals surface area contributed by atoms with Crippen LogP contribution in [0.3, 0.4) is 0 Å². The van der Waals surface area contributed by atoms with Gasteiger partial charge in [0.05, 0.1) is 35.8 Å². The zero-order valence-corrected chi connectivity index (χ0v) is 16.3. The Morgan fingerprint density at radius 3 is 2.93 bits per heavy atom. The fraction of sp³-hybridized carbons (Fsp3) is 0.304. The van der Waals surface area contributed by atoms with Crippen molar-refractivity contribution >= 4 is 22.7 Å².